The van der Waals surface area contributed by atoms with E-state index in [1.165, 1.54) is 0 Å². The molecule has 0 radical (unpaired) electrons. The van der Waals surface area contributed by atoms with Crippen molar-refractivity contribution in [2.45, 2.75) is 0 Å². The van der Waals surface area contributed by atoms with E-state index < -0.39 is 0 Å². The summed E-state index contributed by atoms with van der Waals surface area (Å²) in [5.74, 6) is 0. The van der Waals surface area contributed by atoms with Crippen LogP contribution in [-0.2, 0) is 0 Å². The summed E-state index contributed by atoms with van der Waals surface area (Å²) < 4.78 is 3.95. The van der Waals surface area contributed by atoms with Crippen molar-refractivity contribution < 1.29 is 0 Å². The van der Waals surface area contributed by atoms with E-state index >= 15 is 0 Å². The lowest BCUT2D eigenvalue weighted by Gasteiger charge is -2.08. The third kappa shape index (κ3) is 1.94. The molecule has 3 aromatic carbocycles. The molecule has 0 bridgehead atoms. The topological polar surface area (TPSA) is 39.3 Å². The second kappa shape index (κ2) is 5.54. The summed E-state index contributed by atoms with van der Waals surface area (Å²) in [7, 11) is 0. The zero-order valence-corrected chi connectivity index (χ0v) is 14.9. The van der Waals surface area contributed by atoms with Crippen molar-refractivity contribution in [1.29, 1.82) is 0 Å². The van der Waals surface area contributed by atoms with Gasteiger partial charge in [-0.15, -0.1) is 0 Å². The van der Waals surface area contributed by atoms with Crippen LogP contribution >= 0.6 is 0 Å². The van der Waals surface area contributed by atoms with E-state index in [-0.39, 0.29) is 5.56 Å². The first-order chi connectivity index (χ1) is 13.8. The van der Waals surface area contributed by atoms with Crippen molar-refractivity contribution in [3.63, 3.8) is 0 Å². The summed E-state index contributed by atoms with van der Waals surface area (Å²) in [4.78, 5) is 18.1. The van der Waals surface area contributed by atoms with Gasteiger partial charge < -0.3 is 4.57 Å². The minimum atomic E-state index is -0.0397. The normalized spacial score (nSPS) is 11.7. The van der Waals surface area contributed by atoms with Gasteiger partial charge in [0.1, 0.15) is 5.65 Å². The summed E-state index contributed by atoms with van der Waals surface area (Å²) in [6.45, 7) is 0. The van der Waals surface area contributed by atoms with E-state index in [1.807, 2.05) is 60.7 Å². The first-order valence-electron chi connectivity index (χ1n) is 9.22. The van der Waals surface area contributed by atoms with Gasteiger partial charge in [0.2, 0.25) is 0 Å². The molecule has 0 saturated heterocycles. The minimum absolute atomic E-state index is 0.0397. The standard InChI is InChI=1S/C24H15N3O/c28-24-17-10-4-6-12-19(17)25-22-15-14-21-23(27(22)24)18-11-5-7-13-20(18)26(21)16-8-2-1-3-9-16/h1-15H. The van der Waals surface area contributed by atoms with Crippen molar-refractivity contribution in [3.8, 4) is 5.69 Å². The number of benzene rings is 3. The number of fused-ring (bicyclic) bond motifs is 6. The van der Waals surface area contributed by atoms with Crippen LogP contribution in [-0.4, -0.2) is 14.0 Å². The number of hydrogen-bond donors (Lipinski definition) is 0. The minimum Gasteiger partial charge on any atom is -0.308 e. The van der Waals surface area contributed by atoms with Gasteiger partial charge in [-0.25, -0.2) is 4.98 Å². The lowest BCUT2D eigenvalue weighted by molar-refractivity contribution is 1.12. The van der Waals surface area contributed by atoms with Gasteiger partial charge in [-0.05, 0) is 42.5 Å². The molecular weight excluding hydrogens is 346 g/mol. The second-order valence-corrected chi connectivity index (χ2v) is 6.88. The molecule has 132 valence electrons. The van der Waals surface area contributed by atoms with Gasteiger partial charge in [0.05, 0.1) is 27.5 Å². The molecule has 0 atom stereocenters. The van der Waals surface area contributed by atoms with Gasteiger partial charge in [0, 0.05) is 11.1 Å². The molecular formula is C24H15N3O. The third-order valence-corrected chi connectivity index (χ3v) is 5.31. The fraction of sp³-hybridized carbons (Fsp3) is 0. The predicted octanol–water partition coefficient (Wildman–Crippen LogP) is 4.94. The molecule has 0 aliphatic rings. The van der Waals surface area contributed by atoms with Gasteiger partial charge in [-0.3, -0.25) is 9.20 Å². The van der Waals surface area contributed by atoms with E-state index in [4.69, 9.17) is 4.98 Å². The van der Waals surface area contributed by atoms with E-state index in [0.29, 0.717) is 11.0 Å². The van der Waals surface area contributed by atoms with Crippen molar-refractivity contribution in [1.82, 2.24) is 14.0 Å². The number of hydrogen-bond acceptors (Lipinski definition) is 2. The predicted molar refractivity (Wildman–Crippen MR) is 113 cm³/mol. The van der Waals surface area contributed by atoms with E-state index in [2.05, 4.69) is 34.9 Å². The van der Waals surface area contributed by atoms with Crippen molar-refractivity contribution >= 4 is 38.5 Å². The summed E-state index contributed by atoms with van der Waals surface area (Å²) in [5, 5.41) is 1.66. The van der Waals surface area contributed by atoms with Crippen molar-refractivity contribution in [3.05, 3.63) is 101 Å². The average molecular weight is 361 g/mol. The summed E-state index contributed by atoms with van der Waals surface area (Å²) in [5.41, 5.74) is 5.35. The van der Waals surface area contributed by atoms with Crippen molar-refractivity contribution in [2.24, 2.45) is 0 Å². The van der Waals surface area contributed by atoms with Crippen LogP contribution in [0.3, 0.4) is 0 Å². The molecule has 6 rings (SSSR count). The van der Waals surface area contributed by atoms with Crippen LogP contribution in [0.4, 0.5) is 0 Å². The summed E-state index contributed by atoms with van der Waals surface area (Å²) in [6.07, 6.45) is 0. The van der Waals surface area contributed by atoms with Crippen LogP contribution in [0, 0.1) is 0 Å². The molecule has 4 heteroatoms. The molecule has 4 nitrogen and oxygen atoms in total. The van der Waals surface area contributed by atoms with Gasteiger partial charge in [0.25, 0.3) is 5.56 Å². The van der Waals surface area contributed by atoms with Gasteiger partial charge >= 0.3 is 0 Å². The van der Waals surface area contributed by atoms with Gasteiger partial charge in [0.15, 0.2) is 0 Å². The lowest BCUT2D eigenvalue weighted by Crippen LogP contribution is -2.15. The summed E-state index contributed by atoms with van der Waals surface area (Å²) in [6, 6.07) is 29.9. The van der Waals surface area contributed by atoms with Crippen LogP contribution in [0.2, 0.25) is 0 Å². The smallest absolute Gasteiger partial charge is 0.266 e. The Morgan fingerprint density at radius 3 is 2.21 bits per heavy atom. The van der Waals surface area contributed by atoms with Crippen molar-refractivity contribution in [2.75, 3.05) is 0 Å². The Morgan fingerprint density at radius 1 is 0.643 bits per heavy atom. The molecule has 0 aliphatic carbocycles. The first kappa shape index (κ1) is 15.2. The number of para-hydroxylation sites is 3. The number of rotatable bonds is 1. The van der Waals surface area contributed by atoms with E-state index in [1.54, 1.807) is 4.40 Å². The molecule has 0 N–H and O–H groups in total. The zero-order valence-electron chi connectivity index (χ0n) is 14.9. The Hall–Kier alpha value is -3.92. The Morgan fingerprint density at radius 2 is 1.36 bits per heavy atom. The van der Waals surface area contributed by atoms with Gasteiger partial charge in [-0.2, -0.15) is 0 Å². The van der Waals surface area contributed by atoms with Crippen LogP contribution in [0.15, 0.2) is 95.8 Å². The molecule has 28 heavy (non-hydrogen) atoms. The second-order valence-electron chi connectivity index (χ2n) is 6.88. The maximum absolute atomic E-state index is 13.4. The Bertz CT molecular complexity index is 1580. The molecule has 0 aliphatic heterocycles. The van der Waals surface area contributed by atoms with Gasteiger partial charge in [-0.1, -0.05) is 48.5 Å². The zero-order chi connectivity index (χ0) is 18.7. The number of pyridine rings is 1. The molecule has 0 spiro atoms. The molecule has 3 aromatic heterocycles. The monoisotopic (exact) mass is 361 g/mol. The molecule has 6 aromatic rings. The van der Waals surface area contributed by atoms with Crippen LogP contribution in [0.1, 0.15) is 0 Å². The maximum Gasteiger partial charge on any atom is 0.266 e. The fourth-order valence-corrected chi connectivity index (χ4v) is 4.12. The molecule has 0 fully saturated rings. The first-order valence-corrected chi connectivity index (χ1v) is 9.22. The van der Waals surface area contributed by atoms with Crippen LogP contribution < -0.4 is 5.56 Å². The molecule has 0 amide bonds. The Balaban J connectivity index is 1.91. The molecule has 3 heterocycles. The average Bonchev–Trinajstić information content (AvgIpc) is 3.09. The van der Waals surface area contributed by atoms with E-state index in [0.717, 1.165) is 33.1 Å². The Kier molecular flexibility index (Phi) is 3.00. The molecule has 0 unspecified atom stereocenters. The SMILES string of the molecule is O=c1c2ccccc2nc2ccc3c(c4ccccc4n3-c3ccccc3)n12. The molecule has 0 saturated carbocycles. The highest BCUT2D eigenvalue weighted by Gasteiger charge is 2.16. The number of aromatic nitrogens is 3. The highest BCUT2D eigenvalue weighted by Crippen LogP contribution is 2.32. The fourth-order valence-electron chi connectivity index (χ4n) is 4.12. The summed E-state index contributed by atoms with van der Waals surface area (Å²) >= 11 is 0. The van der Waals surface area contributed by atoms with Crippen LogP contribution in [0.5, 0.6) is 0 Å². The largest absolute Gasteiger partial charge is 0.308 e. The van der Waals surface area contributed by atoms with E-state index in [9.17, 15) is 4.79 Å². The van der Waals surface area contributed by atoms with Crippen LogP contribution in [0.25, 0.3) is 44.2 Å². The quantitative estimate of drug-likeness (QED) is 0.389. The highest BCUT2D eigenvalue weighted by molar-refractivity contribution is 6.08. The maximum atomic E-state index is 13.4. The Labute approximate surface area is 159 Å². The highest BCUT2D eigenvalue weighted by atomic mass is 16.1. The third-order valence-electron chi connectivity index (χ3n) is 5.31. The lowest BCUT2D eigenvalue weighted by atomic mass is 10.2. The number of nitrogens with zero attached hydrogens (tertiary/aromatic N) is 3.